The van der Waals surface area contributed by atoms with Crippen LogP contribution in [0.4, 0.5) is 5.69 Å². The number of benzene rings is 1. The molecule has 1 saturated carbocycles. The molecule has 0 amide bonds. The Kier molecular flexibility index (Phi) is 3.77. The normalized spacial score (nSPS) is 16.4. The first-order chi connectivity index (χ1) is 9.74. The number of aryl methyl sites for hydroxylation is 1. The average Bonchev–Trinajstić information content (AvgIpc) is 2.47. The number of nitrogens with two attached hydrogens (primary N) is 1. The largest absolute Gasteiger partial charge is 0.493 e. The van der Waals surface area contributed by atoms with Gasteiger partial charge in [-0.3, -0.25) is 4.98 Å². The molecule has 0 spiro atoms. The predicted molar refractivity (Wildman–Crippen MR) is 83.0 cm³/mol. The van der Waals surface area contributed by atoms with Crippen molar-refractivity contribution in [1.29, 1.82) is 0 Å². The third-order valence-electron chi connectivity index (χ3n) is 4.23. The van der Waals surface area contributed by atoms with E-state index < -0.39 is 0 Å². The molecule has 20 heavy (non-hydrogen) atoms. The van der Waals surface area contributed by atoms with Gasteiger partial charge in [-0.15, -0.1) is 0 Å². The number of hydrogen-bond donors (Lipinski definition) is 1. The number of rotatable bonds is 3. The Labute approximate surface area is 120 Å². The Morgan fingerprint density at radius 2 is 2.00 bits per heavy atom. The molecule has 1 aliphatic rings. The van der Waals surface area contributed by atoms with Crippen molar-refractivity contribution in [3.05, 3.63) is 30.1 Å². The monoisotopic (exact) mass is 270 g/mol. The van der Waals surface area contributed by atoms with E-state index in [1.807, 2.05) is 25.3 Å². The summed E-state index contributed by atoms with van der Waals surface area (Å²) in [5.41, 5.74) is 7.77. The highest BCUT2D eigenvalue weighted by Gasteiger charge is 2.15. The van der Waals surface area contributed by atoms with Crippen LogP contribution in [-0.2, 0) is 0 Å². The zero-order valence-corrected chi connectivity index (χ0v) is 12.1. The Bertz CT molecular complexity index is 603. The fourth-order valence-electron chi connectivity index (χ4n) is 3.03. The summed E-state index contributed by atoms with van der Waals surface area (Å²) in [6, 6.07) is 5.96. The fourth-order valence-corrected chi connectivity index (χ4v) is 3.03. The van der Waals surface area contributed by atoms with Crippen molar-refractivity contribution < 1.29 is 4.74 Å². The zero-order valence-electron chi connectivity index (χ0n) is 12.1. The van der Waals surface area contributed by atoms with E-state index in [4.69, 9.17) is 10.5 Å². The molecule has 3 rings (SSSR count). The second-order valence-corrected chi connectivity index (χ2v) is 5.84. The number of hydrogen-bond acceptors (Lipinski definition) is 3. The topological polar surface area (TPSA) is 48.1 Å². The van der Waals surface area contributed by atoms with Crippen LogP contribution >= 0.6 is 0 Å². The number of nitrogen functional groups attached to an aromatic ring is 1. The van der Waals surface area contributed by atoms with Crippen LogP contribution in [-0.4, -0.2) is 11.6 Å². The second-order valence-electron chi connectivity index (χ2n) is 5.84. The van der Waals surface area contributed by atoms with E-state index in [-0.39, 0.29) is 0 Å². The van der Waals surface area contributed by atoms with E-state index in [0.29, 0.717) is 5.92 Å². The molecule has 1 aliphatic carbocycles. The lowest BCUT2D eigenvalue weighted by atomic mass is 9.90. The first kappa shape index (κ1) is 13.2. The standard InChI is InChI=1S/C17H22N2O/c1-12-9-14-15(10-19-12)16(18)7-8-17(14)20-11-13-5-3-2-4-6-13/h7-10,13H,2-6,11,18H2,1H3. The van der Waals surface area contributed by atoms with Crippen LogP contribution in [0.25, 0.3) is 10.8 Å². The Morgan fingerprint density at radius 3 is 2.80 bits per heavy atom. The van der Waals surface area contributed by atoms with Crippen LogP contribution in [0.2, 0.25) is 0 Å². The van der Waals surface area contributed by atoms with Gasteiger partial charge in [0.05, 0.1) is 6.61 Å². The lowest BCUT2D eigenvalue weighted by molar-refractivity contribution is 0.210. The van der Waals surface area contributed by atoms with E-state index >= 15 is 0 Å². The van der Waals surface area contributed by atoms with E-state index in [1.165, 1.54) is 32.1 Å². The summed E-state index contributed by atoms with van der Waals surface area (Å²) in [5, 5.41) is 2.06. The minimum Gasteiger partial charge on any atom is -0.493 e. The summed E-state index contributed by atoms with van der Waals surface area (Å²) in [7, 11) is 0. The maximum absolute atomic E-state index is 6.09. The van der Waals surface area contributed by atoms with Gasteiger partial charge in [0.1, 0.15) is 5.75 Å². The number of fused-ring (bicyclic) bond motifs is 1. The maximum atomic E-state index is 6.09. The van der Waals surface area contributed by atoms with Crippen molar-refractivity contribution >= 4 is 16.5 Å². The van der Waals surface area contributed by atoms with Gasteiger partial charge in [0.25, 0.3) is 0 Å². The van der Waals surface area contributed by atoms with Gasteiger partial charge in [0, 0.05) is 28.4 Å². The first-order valence-corrected chi connectivity index (χ1v) is 7.51. The van der Waals surface area contributed by atoms with E-state index in [9.17, 15) is 0 Å². The van der Waals surface area contributed by atoms with E-state index in [2.05, 4.69) is 11.1 Å². The van der Waals surface area contributed by atoms with Gasteiger partial charge in [0.15, 0.2) is 0 Å². The minimum absolute atomic E-state index is 0.708. The third-order valence-corrected chi connectivity index (χ3v) is 4.23. The van der Waals surface area contributed by atoms with Gasteiger partial charge in [-0.1, -0.05) is 19.3 Å². The Hall–Kier alpha value is -1.77. The van der Waals surface area contributed by atoms with Crippen molar-refractivity contribution in [2.75, 3.05) is 12.3 Å². The number of aromatic nitrogens is 1. The molecule has 1 fully saturated rings. The molecular weight excluding hydrogens is 248 g/mol. The van der Waals surface area contributed by atoms with Crippen molar-refractivity contribution in [1.82, 2.24) is 4.98 Å². The van der Waals surface area contributed by atoms with Gasteiger partial charge in [-0.2, -0.15) is 0 Å². The quantitative estimate of drug-likeness (QED) is 0.855. The SMILES string of the molecule is Cc1cc2c(OCC3CCCCC3)ccc(N)c2cn1. The van der Waals surface area contributed by atoms with Gasteiger partial charge in [0.2, 0.25) is 0 Å². The number of pyridine rings is 1. The predicted octanol–water partition coefficient (Wildman–Crippen LogP) is 4.08. The summed E-state index contributed by atoms with van der Waals surface area (Å²) in [4.78, 5) is 4.32. The van der Waals surface area contributed by atoms with Gasteiger partial charge >= 0.3 is 0 Å². The second kappa shape index (κ2) is 5.70. The summed E-state index contributed by atoms with van der Waals surface area (Å²) in [6.45, 7) is 2.81. The molecule has 3 nitrogen and oxygen atoms in total. The van der Waals surface area contributed by atoms with Crippen molar-refractivity contribution in [2.45, 2.75) is 39.0 Å². The fraction of sp³-hybridized carbons (Fsp3) is 0.471. The molecule has 0 saturated heterocycles. The van der Waals surface area contributed by atoms with Crippen molar-refractivity contribution in [3.8, 4) is 5.75 Å². The van der Waals surface area contributed by atoms with Gasteiger partial charge in [-0.25, -0.2) is 0 Å². The van der Waals surface area contributed by atoms with Crippen LogP contribution in [0.15, 0.2) is 24.4 Å². The first-order valence-electron chi connectivity index (χ1n) is 7.51. The minimum atomic E-state index is 0.708. The Balaban J connectivity index is 1.83. The highest BCUT2D eigenvalue weighted by atomic mass is 16.5. The molecule has 3 heteroatoms. The molecule has 1 aromatic heterocycles. The van der Waals surface area contributed by atoms with Crippen LogP contribution in [0.1, 0.15) is 37.8 Å². The third kappa shape index (κ3) is 2.72. The summed E-state index contributed by atoms with van der Waals surface area (Å²) >= 11 is 0. The molecule has 0 bridgehead atoms. The van der Waals surface area contributed by atoms with E-state index in [1.54, 1.807) is 0 Å². The number of nitrogens with zero attached hydrogens (tertiary/aromatic N) is 1. The lowest BCUT2D eigenvalue weighted by Gasteiger charge is -2.22. The van der Waals surface area contributed by atoms with Crippen molar-refractivity contribution in [2.24, 2.45) is 5.92 Å². The molecule has 1 heterocycles. The van der Waals surface area contributed by atoms with Gasteiger partial charge in [-0.05, 0) is 43.9 Å². The molecule has 106 valence electrons. The van der Waals surface area contributed by atoms with Crippen LogP contribution in [0.3, 0.4) is 0 Å². The summed E-state index contributed by atoms with van der Waals surface area (Å²) < 4.78 is 6.09. The van der Waals surface area contributed by atoms with E-state index in [0.717, 1.165) is 34.5 Å². The number of ether oxygens (including phenoxy) is 1. The molecule has 0 aliphatic heterocycles. The molecule has 2 aromatic rings. The lowest BCUT2D eigenvalue weighted by Crippen LogP contribution is -2.15. The molecular formula is C17H22N2O. The molecule has 0 unspecified atom stereocenters. The summed E-state index contributed by atoms with van der Waals surface area (Å²) in [5.74, 6) is 1.64. The molecule has 1 aromatic carbocycles. The Morgan fingerprint density at radius 1 is 1.20 bits per heavy atom. The molecule has 0 radical (unpaired) electrons. The highest BCUT2D eigenvalue weighted by molar-refractivity contribution is 5.96. The van der Waals surface area contributed by atoms with Crippen LogP contribution < -0.4 is 10.5 Å². The summed E-state index contributed by atoms with van der Waals surface area (Å²) in [6.07, 6.45) is 8.51. The smallest absolute Gasteiger partial charge is 0.127 e. The molecule has 0 atom stereocenters. The van der Waals surface area contributed by atoms with Gasteiger partial charge < -0.3 is 10.5 Å². The zero-order chi connectivity index (χ0) is 13.9. The van der Waals surface area contributed by atoms with Crippen LogP contribution in [0.5, 0.6) is 5.75 Å². The molecule has 2 N–H and O–H groups in total. The highest BCUT2D eigenvalue weighted by Crippen LogP contribution is 2.31. The average molecular weight is 270 g/mol. The number of anilines is 1. The maximum Gasteiger partial charge on any atom is 0.127 e. The van der Waals surface area contributed by atoms with Crippen molar-refractivity contribution in [3.63, 3.8) is 0 Å². The van der Waals surface area contributed by atoms with Crippen LogP contribution in [0, 0.1) is 12.8 Å².